The molecule has 0 saturated carbocycles. The first-order valence-corrected chi connectivity index (χ1v) is 15.9. The predicted octanol–water partition coefficient (Wildman–Crippen LogP) is 2.62. The van der Waals surface area contributed by atoms with Gasteiger partial charge in [-0.15, -0.1) is 0 Å². The molecular weight excluding hydrogens is 460 g/mol. The Morgan fingerprint density at radius 1 is 1.03 bits per heavy atom. The van der Waals surface area contributed by atoms with Crippen LogP contribution in [0.5, 0.6) is 0 Å². The van der Waals surface area contributed by atoms with Gasteiger partial charge in [0.15, 0.2) is 0 Å². The second-order valence-corrected chi connectivity index (χ2v) is 19.4. The summed E-state index contributed by atoms with van der Waals surface area (Å²) in [5, 5.41) is 11.2. The number of aromatic nitrogens is 2. The lowest BCUT2D eigenvalue weighted by Crippen LogP contribution is -2.65. The Kier molecular flexibility index (Phi) is 7.94. The Bertz CT molecular complexity index is 914. The number of hydrogen-bond acceptors (Lipinski definition) is 7. The van der Waals surface area contributed by atoms with E-state index >= 15 is 0 Å². The van der Waals surface area contributed by atoms with Crippen molar-refractivity contribution >= 4 is 17.1 Å². The van der Waals surface area contributed by atoms with Gasteiger partial charge < -0.3 is 22.8 Å². The molecule has 1 aromatic rings. The molecule has 0 radical (unpaired) electrons. The van der Waals surface area contributed by atoms with Gasteiger partial charge in [-0.3, -0.25) is 14.3 Å². The molecule has 1 aromatic heterocycles. The summed E-state index contributed by atoms with van der Waals surface area (Å²) in [6.07, 6.45) is -1.31. The fourth-order valence-electron chi connectivity index (χ4n) is 5.16. The van der Waals surface area contributed by atoms with E-state index in [1.165, 1.54) is 16.8 Å². The number of H-pyrrole nitrogens is 1. The van der Waals surface area contributed by atoms with Crippen molar-refractivity contribution in [1.29, 1.82) is 0 Å². The average Bonchev–Trinajstić information content (AvgIpc) is 2.97. The highest BCUT2D eigenvalue weighted by molar-refractivity contribution is 6.83. The zero-order valence-electron chi connectivity index (χ0n) is 21.0. The molecule has 33 heavy (non-hydrogen) atoms. The van der Waals surface area contributed by atoms with Crippen molar-refractivity contribution in [2.24, 2.45) is 0 Å². The molecular formula is C22H40N2O7Si2. The number of hydrogen-bond donors (Lipinski definition) is 2. The predicted molar refractivity (Wildman–Crippen MR) is 130 cm³/mol. The molecule has 0 amide bonds. The second kappa shape index (κ2) is 9.88. The van der Waals surface area contributed by atoms with Crippen LogP contribution >= 0.6 is 0 Å². The number of aromatic amines is 1. The van der Waals surface area contributed by atoms with Crippen LogP contribution in [0.3, 0.4) is 0 Å². The molecule has 0 aliphatic carbocycles. The zero-order valence-corrected chi connectivity index (χ0v) is 23.0. The average molecular weight is 501 g/mol. The lowest BCUT2D eigenvalue weighted by molar-refractivity contribution is -0.0411. The molecule has 0 unspecified atom stereocenters. The van der Waals surface area contributed by atoms with E-state index in [1.807, 2.05) is 0 Å². The lowest BCUT2D eigenvalue weighted by atomic mass is 10.1. The molecule has 3 heterocycles. The van der Waals surface area contributed by atoms with E-state index in [-0.39, 0.29) is 35.3 Å². The molecule has 2 N–H and O–H groups in total. The van der Waals surface area contributed by atoms with Crippen LogP contribution in [0.1, 0.15) is 55.4 Å². The maximum Gasteiger partial charge on any atom is 0.335 e. The highest BCUT2D eigenvalue weighted by Gasteiger charge is 2.61. The quantitative estimate of drug-likeness (QED) is 0.578. The van der Waals surface area contributed by atoms with Gasteiger partial charge in [-0.25, -0.2) is 4.79 Å². The van der Waals surface area contributed by atoms with Crippen LogP contribution in [0, 0.1) is 0 Å². The highest BCUT2D eigenvalue weighted by Crippen LogP contribution is 2.47. The SMILES string of the molecule is CC(C)[Si]1(C(C)C)OC[C@H]2O[C@@H](Cn3ccc(=O)[nH]c3=O)[C@H](O)[C@@H]2O[Si](C(C)C)(C(C)C)O1. The van der Waals surface area contributed by atoms with Gasteiger partial charge in [0, 0.05) is 12.3 Å². The number of nitrogens with zero attached hydrogens (tertiary/aromatic N) is 1. The first-order valence-electron chi connectivity index (χ1n) is 12.0. The zero-order chi connectivity index (χ0) is 24.7. The topological polar surface area (TPSA) is 112 Å². The van der Waals surface area contributed by atoms with E-state index in [4.69, 9.17) is 17.7 Å². The Morgan fingerprint density at radius 2 is 1.61 bits per heavy atom. The standard InChI is InChI=1S/C22H40N2O7Si2/c1-13(2)32(14(3)4)28-12-18-21(30-33(31-32,15(5)6)16(7)8)20(26)17(29-18)11-24-10-9-19(25)23-22(24)27/h9-10,13-18,20-21,26H,11-12H2,1-8H3,(H,23,25,27)/t17-,18+,20-,21+/m0/s1. The van der Waals surface area contributed by atoms with Crippen molar-refractivity contribution in [3.05, 3.63) is 33.1 Å². The monoisotopic (exact) mass is 500 g/mol. The van der Waals surface area contributed by atoms with E-state index in [9.17, 15) is 14.7 Å². The van der Waals surface area contributed by atoms with Crippen LogP contribution < -0.4 is 11.2 Å². The third kappa shape index (κ3) is 4.86. The van der Waals surface area contributed by atoms with Gasteiger partial charge in [-0.05, 0) is 22.2 Å². The molecule has 188 valence electrons. The van der Waals surface area contributed by atoms with E-state index in [1.54, 1.807) is 0 Å². The third-order valence-electron chi connectivity index (χ3n) is 7.04. The first kappa shape index (κ1) is 26.5. The molecule has 4 atom stereocenters. The fourth-order valence-corrected chi connectivity index (χ4v) is 16.4. The van der Waals surface area contributed by atoms with E-state index in [0.717, 1.165) is 0 Å². The normalized spacial score (nSPS) is 29.5. The number of fused-ring (bicyclic) bond motifs is 1. The summed E-state index contributed by atoms with van der Waals surface area (Å²) in [6, 6.07) is 1.28. The molecule has 0 spiro atoms. The van der Waals surface area contributed by atoms with Crippen LogP contribution in [-0.2, 0) is 24.2 Å². The summed E-state index contributed by atoms with van der Waals surface area (Å²) in [6.45, 7) is 17.5. The fraction of sp³-hybridized carbons (Fsp3) is 0.818. The number of nitrogens with one attached hydrogen (secondary N) is 1. The van der Waals surface area contributed by atoms with Crippen molar-refractivity contribution < 1.29 is 22.8 Å². The maximum atomic E-state index is 12.2. The number of rotatable bonds is 6. The van der Waals surface area contributed by atoms with Crippen molar-refractivity contribution in [3.63, 3.8) is 0 Å². The molecule has 9 nitrogen and oxygen atoms in total. The van der Waals surface area contributed by atoms with Crippen molar-refractivity contribution in [1.82, 2.24) is 9.55 Å². The molecule has 3 rings (SSSR count). The summed E-state index contributed by atoms with van der Waals surface area (Å²) < 4.78 is 28.2. The van der Waals surface area contributed by atoms with Crippen LogP contribution in [0.25, 0.3) is 0 Å². The van der Waals surface area contributed by atoms with Crippen LogP contribution in [0.15, 0.2) is 21.9 Å². The van der Waals surface area contributed by atoms with Gasteiger partial charge in [0.05, 0.1) is 13.2 Å². The van der Waals surface area contributed by atoms with Crippen LogP contribution in [-0.4, -0.2) is 62.8 Å². The molecule has 0 aromatic carbocycles. The van der Waals surface area contributed by atoms with Gasteiger partial charge in [0.1, 0.15) is 24.4 Å². The van der Waals surface area contributed by atoms with Crippen molar-refractivity contribution in [2.45, 2.75) is 109 Å². The Balaban J connectivity index is 1.99. The summed E-state index contributed by atoms with van der Waals surface area (Å²) >= 11 is 0. The smallest absolute Gasteiger partial charge is 0.335 e. The van der Waals surface area contributed by atoms with E-state index in [2.05, 4.69) is 60.4 Å². The van der Waals surface area contributed by atoms with Gasteiger partial charge in [-0.2, -0.15) is 0 Å². The van der Waals surface area contributed by atoms with E-state index in [0.29, 0.717) is 0 Å². The summed E-state index contributed by atoms with van der Waals surface area (Å²) in [4.78, 5) is 25.8. The van der Waals surface area contributed by atoms with Crippen LogP contribution in [0.4, 0.5) is 0 Å². The molecule has 2 aliphatic heterocycles. The molecule has 11 heteroatoms. The Morgan fingerprint density at radius 3 is 2.12 bits per heavy atom. The van der Waals surface area contributed by atoms with Gasteiger partial charge in [-0.1, -0.05) is 55.4 Å². The van der Waals surface area contributed by atoms with Gasteiger partial charge in [0.25, 0.3) is 5.56 Å². The molecule has 2 aliphatic rings. The summed E-state index contributed by atoms with van der Waals surface area (Å²) in [5.41, 5.74) is -0.308. The highest BCUT2D eigenvalue weighted by atomic mass is 28.5. The molecule has 2 saturated heterocycles. The number of ether oxygens (including phenoxy) is 1. The van der Waals surface area contributed by atoms with E-state index < -0.39 is 52.8 Å². The molecule has 0 bridgehead atoms. The van der Waals surface area contributed by atoms with Gasteiger partial charge >= 0.3 is 22.8 Å². The number of aliphatic hydroxyl groups is 1. The van der Waals surface area contributed by atoms with Crippen molar-refractivity contribution in [3.8, 4) is 0 Å². The number of aliphatic hydroxyl groups excluding tert-OH is 1. The Labute approximate surface area is 197 Å². The summed E-state index contributed by atoms with van der Waals surface area (Å²) in [5.74, 6) is 0. The third-order valence-corrected chi connectivity index (χ3v) is 17.3. The minimum atomic E-state index is -2.87. The largest absolute Gasteiger partial charge is 0.414 e. The minimum absolute atomic E-state index is 0.100. The molecule has 2 fully saturated rings. The minimum Gasteiger partial charge on any atom is -0.414 e. The Hall–Kier alpha value is -1.09. The van der Waals surface area contributed by atoms with Gasteiger partial charge in [0.2, 0.25) is 0 Å². The first-order chi connectivity index (χ1) is 15.3. The summed E-state index contributed by atoms with van der Waals surface area (Å²) in [7, 11) is -5.56. The van der Waals surface area contributed by atoms with Crippen LogP contribution in [0.2, 0.25) is 22.2 Å². The maximum absolute atomic E-state index is 12.2. The van der Waals surface area contributed by atoms with Crippen molar-refractivity contribution in [2.75, 3.05) is 6.61 Å². The second-order valence-electron chi connectivity index (χ2n) is 10.5. The lowest BCUT2D eigenvalue weighted by Gasteiger charge is -2.51.